The molecular formula is C10H18N2O4. The second-order valence-electron chi connectivity index (χ2n) is 3.92. The predicted molar refractivity (Wildman–Crippen MR) is 57.1 cm³/mol. The maximum atomic E-state index is 11.8. The summed E-state index contributed by atoms with van der Waals surface area (Å²) in [5, 5.41) is 8.79. The Morgan fingerprint density at radius 2 is 2.00 bits per heavy atom. The van der Waals surface area contributed by atoms with Gasteiger partial charge in [0.2, 0.25) is 5.91 Å². The first-order chi connectivity index (χ1) is 7.52. The summed E-state index contributed by atoms with van der Waals surface area (Å²) >= 11 is 0. The molecule has 1 N–H and O–H groups in total. The summed E-state index contributed by atoms with van der Waals surface area (Å²) in [4.78, 5) is 25.7. The van der Waals surface area contributed by atoms with Gasteiger partial charge in [0.05, 0.1) is 19.8 Å². The summed E-state index contributed by atoms with van der Waals surface area (Å²) in [5.74, 6) is -0.962. The van der Waals surface area contributed by atoms with Gasteiger partial charge in [-0.25, -0.2) is 0 Å². The van der Waals surface area contributed by atoms with Gasteiger partial charge >= 0.3 is 5.97 Å². The van der Waals surface area contributed by atoms with Crippen molar-refractivity contribution in [2.24, 2.45) is 0 Å². The van der Waals surface area contributed by atoms with Crippen LogP contribution in [-0.4, -0.2) is 72.7 Å². The number of hydrogen-bond donors (Lipinski definition) is 1. The largest absolute Gasteiger partial charge is 0.480 e. The van der Waals surface area contributed by atoms with Crippen LogP contribution < -0.4 is 0 Å². The van der Waals surface area contributed by atoms with Crippen LogP contribution in [0.5, 0.6) is 0 Å². The molecule has 1 fully saturated rings. The molecule has 6 nitrogen and oxygen atoms in total. The fourth-order valence-electron chi connectivity index (χ4n) is 1.45. The highest BCUT2D eigenvalue weighted by Gasteiger charge is 2.23. The zero-order chi connectivity index (χ0) is 12.1. The number of amides is 1. The standard InChI is InChI=1S/C10H18N2O4/c1-8(10(14)15)11(2)7-9(13)12-3-5-16-6-4-12/h8H,3-7H2,1-2H3,(H,14,15). The number of carbonyl (C=O) groups is 2. The van der Waals surface area contributed by atoms with Gasteiger partial charge in [0.15, 0.2) is 0 Å². The first-order valence-electron chi connectivity index (χ1n) is 5.31. The van der Waals surface area contributed by atoms with Gasteiger partial charge in [-0.3, -0.25) is 14.5 Å². The minimum Gasteiger partial charge on any atom is -0.480 e. The van der Waals surface area contributed by atoms with Crippen molar-refractivity contribution >= 4 is 11.9 Å². The molecule has 1 atom stereocenters. The second-order valence-corrected chi connectivity index (χ2v) is 3.92. The average Bonchev–Trinajstić information content (AvgIpc) is 2.28. The molecule has 1 amide bonds. The normalized spacial score (nSPS) is 18.6. The number of hydrogen-bond acceptors (Lipinski definition) is 4. The molecule has 0 radical (unpaired) electrons. The molecule has 92 valence electrons. The summed E-state index contributed by atoms with van der Waals surface area (Å²) in [6.45, 7) is 4.00. The highest BCUT2D eigenvalue weighted by Crippen LogP contribution is 2.01. The molecule has 0 bridgehead atoms. The third-order valence-corrected chi connectivity index (χ3v) is 2.77. The number of ether oxygens (including phenoxy) is 1. The lowest BCUT2D eigenvalue weighted by atomic mass is 10.3. The predicted octanol–water partition coefficient (Wildman–Crippen LogP) is -0.750. The van der Waals surface area contributed by atoms with Gasteiger partial charge in [0, 0.05) is 13.1 Å². The first-order valence-corrected chi connectivity index (χ1v) is 5.31. The van der Waals surface area contributed by atoms with E-state index in [4.69, 9.17) is 9.84 Å². The van der Waals surface area contributed by atoms with Gasteiger partial charge < -0.3 is 14.7 Å². The average molecular weight is 230 g/mol. The molecule has 1 aliphatic rings. The molecule has 0 aromatic heterocycles. The van der Waals surface area contributed by atoms with E-state index in [0.717, 1.165) is 0 Å². The number of nitrogens with zero attached hydrogens (tertiary/aromatic N) is 2. The van der Waals surface area contributed by atoms with E-state index in [0.29, 0.717) is 26.3 Å². The molecule has 0 aliphatic carbocycles. The summed E-state index contributed by atoms with van der Waals surface area (Å²) in [7, 11) is 1.64. The lowest BCUT2D eigenvalue weighted by molar-refractivity contribution is -0.144. The molecule has 1 aliphatic heterocycles. The minimum atomic E-state index is -0.919. The molecule has 1 heterocycles. The van der Waals surface area contributed by atoms with E-state index in [1.165, 1.54) is 4.90 Å². The third kappa shape index (κ3) is 3.46. The zero-order valence-electron chi connectivity index (χ0n) is 9.68. The Labute approximate surface area is 94.8 Å². The van der Waals surface area contributed by atoms with Crippen molar-refractivity contribution in [1.82, 2.24) is 9.80 Å². The number of carboxylic acid groups (broad SMARTS) is 1. The van der Waals surface area contributed by atoms with Crippen LogP contribution in [0.3, 0.4) is 0 Å². The van der Waals surface area contributed by atoms with Gasteiger partial charge in [0.25, 0.3) is 0 Å². The van der Waals surface area contributed by atoms with Crippen LogP contribution in [0.2, 0.25) is 0 Å². The van der Waals surface area contributed by atoms with E-state index < -0.39 is 12.0 Å². The van der Waals surface area contributed by atoms with Gasteiger partial charge in [-0.1, -0.05) is 0 Å². The van der Waals surface area contributed by atoms with Crippen LogP contribution in [0.4, 0.5) is 0 Å². The van der Waals surface area contributed by atoms with E-state index in [1.807, 2.05) is 0 Å². The molecule has 1 rings (SSSR count). The van der Waals surface area contributed by atoms with Gasteiger partial charge in [0.1, 0.15) is 6.04 Å². The van der Waals surface area contributed by atoms with E-state index in [2.05, 4.69) is 0 Å². The monoisotopic (exact) mass is 230 g/mol. The van der Waals surface area contributed by atoms with Crippen LogP contribution in [-0.2, 0) is 14.3 Å². The third-order valence-electron chi connectivity index (χ3n) is 2.77. The van der Waals surface area contributed by atoms with Crippen LogP contribution in [0.15, 0.2) is 0 Å². The number of aliphatic carboxylic acids is 1. The van der Waals surface area contributed by atoms with Crippen LogP contribution in [0.25, 0.3) is 0 Å². The smallest absolute Gasteiger partial charge is 0.320 e. The van der Waals surface area contributed by atoms with Gasteiger partial charge in [-0.05, 0) is 14.0 Å². The Hall–Kier alpha value is -1.14. The van der Waals surface area contributed by atoms with E-state index >= 15 is 0 Å². The molecule has 6 heteroatoms. The molecule has 0 spiro atoms. The van der Waals surface area contributed by atoms with Crippen LogP contribution >= 0.6 is 0 Å². The van der Waals surface area contributed by atoms with Gasteiger partial charge in [-0.2, -0.15) is 0 Å². The van der Waals surface area contributed by atoms with Crippen molar-refractivity contribution in [3.63, 3.8) is 0 Å². The van der Waals surface area contributed by atoms with Crippen molar-refractivity contribution in [3.8, 4) is 0 Å². The van der Waals surface area contributed by atoms with Crippen LogP contribution in [0.1, 0.15) is 6.92 Å². The topological polar surface area (TPSA) is 70.1 Å². The Bertz CT molecular complexity index is 264. The quantitative estimate of drug-likeness (QED) is 0.688. The lowest BCUT2D eigenvalue weighted by Gasteiger charge is -2.29. The maximum Gasteiger partial charge on any atom is 0.320 e. The lowest BCUT2D eigenvalue weighted by Crippen LogP contribution is -2.47. The molecular weight excluding hydrogens is 212 g/mol. The first kappa shape index (κ1) is 12.9. The summed E-state index contributed by atoms with van der Waals surface area (Å²) < 4.78 is 5.14. The van der Waals surface area contributed by atoms with Crippen molar-refractivity contribution in [2.45, 2.75) is 13.0 Å². The summed E-state index contributed by atoms with van der Waals surface area (Å²) in [5.41, 5.74) is 0. The molecule has 0 aromatic rings. The molecule has 0 saturated carbocycles. The second kappa shape index (κ2) is 5.81. The summed E-state index contributed by atoms with van der Waals surface area (Å²) in [6, 6.07) is -0.648. The molecule has 16 heavy (non-hydrogen) atoms. The van der Waals surface area contributed by atoms with Crippen molar-refractivity contribution in [1.29, 1.82) is 0 Å². The van der Waals surface area contributed by atoms with Crippen molar-refractivity contribution in [3.05, 3.63) is 0 Å². The van der Waals surface area contributed by atoms with Gasteiger partial charge in [-0.15, -0.1) is 0 Å². The fraction of sp³-hybridized carbons (Fsp3) is 0.800. The van der Waals surface area contributed by atoms with Crippen molar-refractivity contribution in [2.75, 3.05) is 39.9 Å². The number of likely N-dealkylation sites (N-methyl/N-ethyl adjacent to an activating group) is 1. The van der Waals surface area contributed by atoms with E-state index in [9.17, 15) is 9.59 Å². The molecule has 1 unspecified atom stereocenters. The maximum absolute atomic E-state index is 11.8. The number of carboxylic acids is 1. The SMILES string of the molecule is CC(C(=O)O)N(C)CC(=O)N1CCOCC1. The van der Waals surface area contributed by atoms with E-state index in [1.54, 1.807) is 18.9 Å². The Morgan fingerprint density at radius 3 is 2.50 bits per heavy atom. The molecule has 0 aromatic carbocycles. The number of rotatable bonds is 4. The Morgan fingerprint density at radius 1 is 1.44 bits per heavy atom. The minimum absolute atomic E-state index is 0.0427. The summed E-state index contributed by atoms with van der Waals surface area (Å²) in [6.07, 6.45) is 0. The fourth-order valence-corrected chi connectivity index (χ4v) is 1.45. The highest BCUT2D eigenvalue weighted by atomic mass is 16.5. The van der Waals surface area contributed by atoms with Crippen LogP contribution in [0, 0.1) is 0 Å². The Kier molecular flexibility index (Phi) is 4.70. The highest BCUT2D eigenvalue weighted by molar-refractivity contribution is 5.80. The Balaban J connectivity index is 2.40. The van der Waals surface area contributed by atoms with Crippen molar-refractivity contribution < 1.29 is 19.4 Å². The van der Waals surface area contributed by atoms with E-state index in [-0.39, 0.29) is 12.5 Å². The number of carbonyl (C=O) groups excluding carboxylic acids is 1. The zero-order valence-corrected chi connectivity index (χ0v) is 9.68. The number of morpholine rings is 1. The molecule has 1 saturated heterocycles.